The van der Waals surface area contributed by atoms with Gasteiger partial charge in [-0.2, -0.15) is 0 Å². The molecule has 0 N–H and O–H groups in total. The molecular formula is C28H54N2O2. The van der Waals surface area contributed by atoms with Gasteiger partial charge in [0.05, 0.1) is 0 Å². The fourth-order valence-corrected chi connectivity index (χ4v) is 6.43. The predicted octanol–water partition coefficient (Wildman–Crippen LogP) is 6.94. The molecule has 2 rings (SSSR count). The minimum atomic E-state index is -0.427. The Bertz CT molecular complexity index is 595. The Morgan fingerprint density at radius 1 is 1.00 bits per heavy atom. The highest BCUT2D eigenvalue weighted by Gasteiger charge is 2.38. The van der Waals surface area contributed by atoms with Crippen LogP contribution in [0, 0.1) is 40.9 Å². The number of piperidine rings is 2. The van der Waals surface area contributed by atoms with Gasteiger partial charge in [0.1, 0.15) is 5.60 Å². The van der Waals surface area contributed by atoms with E-state index in [0.29, 0.717) is 11.8 Å². The van der Waals surface area contributed by atoms with Crippen LogP contribution in [0.1, 0.15) is 94.9 Å². The monoisotopic (exact) mass is 450 g/mol. The summed E-state index contributed by atoms with van der Waals surface area (Å²) in [6.07, 6.45) is 4.74. The summed E-state index contributed by atoms with van der Waals surface area (Å²) in [4.78, 5) is 17.4. The van der Waals surface area contributed by atoms with Crippen molar-refractivity contribution in [2.24, 2.45) is 40.9 Å². The lowest BCUT2D eigenvalue weighted by molar-refractivity contribution is 0.00222. The Labute approximate surface area is 199 Å². The zero-order valence-electron chi connectivity index (χ0n) is 23.0. The third-order valence-corrected chi connectivity index (χ3v) is 8.21. The maximum atomic E-state index is 12.7. The molecule has 4 heteroatoms. The molecule has 5 atom stereocenters. The van der Waals surface area contributed by atoms with E-state index in [4.69, 9.17) is 4.74 Å². The minimum absolute atomic E-state index is 0.139. The zero-order chi connectivity index (χ0) is 24.3. The number of hydrogen-bond donors (Lipinski definition) is 0. The molecular weight excluding hydrogens is 396 g/mol. The van der Waals surface area contributed by atoms with Crippen LogP contribution in [0.2, 0.25) is 0 Å². The fourth-order valence-electron chi connectivity index (χ4n) is 6.43. The molecule has 188 valence electrons. The largest absolute Gasteiger partial charge is 0.444 e. The van der Waals surface area contributed by atoms with E-state index in [1.807, 2.05) is 25.7 Å². The van der Waals surface area contributed by atoms with Gasteiger partial charge in [0.15, 0.2) is 0 Å². The number of carbonyl (C=O) groups excluding carboxylic acids is 1. The highest BCUT2D eigenvalue weighted by atomic mass is 16.6. The highest BCUT2D eigenvalue weighted by Crippen LogP contribution is 2.39. The number of amides is 1. The van der Waals surface area contributed by atoms with E-state index >= 15 is 0 Å². The highest BCUT2D eigenvalue weighted by molar-refractivity contribution is 5.68. The van der Waals surface area contributed by atoms with Crippen molar-refractivity contribution >= 4 is 6.09 Å². The number of ether oxygens (including phenoxy) is 1. The molecule has 4 nitrogen and oxygen atoms in total. The molecule has 2 fully saturated rings. The summed E-state index contributed by atoms with van der Waals surface area (Å²) in [7, 11) is 0. The van der Waals surface area contributed by atoms with Crippen molar-refractivity contribution in [2.75, 3.05) is 32.7 Å². The molecule has 0 aliphatic carbocycles. The first-order valence-corrected chi connectivity index (χ1v) is 13.4. The molecule has 2 heterocycles. The Hall–Kier alpha value is -0.770. The first-order valence-electron chi connectivity index (χ1n) is 13.4. The van der Waals surface area contributed by atoms with Gasteiger partial charge in [0.2, 0.25) is 0 Å². The van der Waals surface area contributed by atoms with Crippen LogP contribution in [0.25, 0.3) is 0 Å². The summed E-state index contributed by atoms with van der Waals surface area (Å²) in [5.41, 5.74) is -0.177. The van der Waals surface area contributed by atoms with E-state index in [0.717, 1.165) is 43.2 Å². The summed E-state index contributed by atoms with van der Waals surface area (Å²) in [5.74, 6) is 4.46. The molecule has 2 aliphatic heterocycles. The van der Waals surface area contributed by atoms with Gasteiger partial charge in [-0.05, 0) is 87.5 Å². The number of nitrogens with zero attached hydrogens (tertiary/aromatic N) is 2. The second kappa shape index (κ2) is 11.1. The standard InChI is InChI=1S/C28H54N2O2/c1-11-24(20(2)3)25-18-29(14-12-22(25)5)19-28(9,10)16-23-17-30(15-13-21(23)4)26(31)32-27(6,7)8/h20-25H,11-19H2,1-10H3. The van der Waals surface area contributed by atoms with Crippen LogP contribution in [0.15, 0.2) is 0 Å². The van der Waals surface area contributed by atoms with Crippen LogP contribution in [0.5, 0.6) is 0 Å². The van der Waals surface area contributed by atoms with E-state index in [-0.39, 0.29) is 11.5 Å². The third kappa shape index (κ3) is 7.92. The second-order valence-corrected chi connectivity index (χ2v) is 13.3. The van der Waals surface area contributed by atoms with Crippen molar-refractivity contribution in [2.45, 2.75) is 101 Å². The first kappa shape index (κ1) is 27.5. The lowest BCUT2D eigenvalue weighted by Crippen LogP contribution is -2.49. The van der Waals surface area contributed by atoms with E-state index in [9.17, 15) is 4.79 Å². The van der Waals surface area contributed by atoms with Crippen LogP contribution in [0.3, 0.4) is 0 Å². The van der Waals surface area contributed by atoms with E-state index in [2.05, 4.69) is 53.4 Å². The van der Waals surface area contributed by atoms with Crippen LogP contribution >= 0.6 is 0 Å². The van der Waals surface area contributed by atoms with Gasteiger partial charge in [0.25, 0.3) is 0 Å². The molecule has 2 aliphatic rings. The normalized spacial score (nSPS) is 29.3. The Morgan fingerprint density at radius 3 is 2.19 bits per heavy atom. The van der Waals surface area contributed by atoms with Crippen molar-refractivity contribution < 1.29 is 9.53 Å². The number of rotatable bonds is 7. The number of likely N-dealkylation sites (tertiary alicyclic amines) is 2. The smallest absolute Gasteiger partial charge is 0.410 e. The van der Waals surface area contributed by atoms with E-state index < -0.39 is 5.60 Å². The van der Waals surface area contributed by atoms with E-state index in [1.165, 1.54) is 38.9 Å². The molecule has 0 radical (unpaired) electrons. The van der Waals surface area contributed by atoms with Gasteiger partial charge in [-0.1, -0.05) is 54.9 Å². The molecule has 0 bridgehead atoms. The van der Waals surface area contributed by atoms with E-state index in [1.54, 1.807) is 0 Å². The fraction of sp³-hybridized carbons (Fsp3) is 0.964. The van der Waals surface area contributed by atoms with Crippen molar-refractivity contribution in [3.63, 3.8) is 0 Å². The Balaban J connectivity index is 1.98. The number of carbonyl (C=O) groups is 1. The molecule has 0 spiro atoms. The van der Waals surface area contributed by atoms with Gasteiger partial charge in [0, 0.05) is 26.2 Å². The van der Waals surface area contributed by atoms with Crippen molar-refractivity contribution in [3.05, 3.63) is 0 Å². The molecule has 0 saturated carbocycles. The van der Waals surface area contributed by atoms with Crippen LogP contribution in [0.4, 0.5) is 4.79 Å². The summed E-state index contributed by atoms with van der Waals surface area (Å²) in [5, 5.41) is 0. The van der Waals surface area contributed by atoms with Crippen molar-refractivity contribution in [1.29, 1.82) is 0 Å². The first-order chi connectivity index (χ1) is 14.7. The van der Waals surface area contributed by atoms with Crippen LogP contribution < -0.4 is 0 Å². The second-order valence-electron chi connectivity index (χ2n) is 13.3. The maximum absolute atomic E-state index is 12.7. The molecule has 32 heavy (non-hydrogen) atoms. The topological polar surface area (TPSA) is 32.8 Å². The third-order valence-electron chi connectivity index (χ3n) is 8.21. The van der Waals surface area contributed by atoms with Gasteiger partial charge in [-0.15, -0.1) is 0 Å². The predicted molar refractivity (Wildman–Crippen MR) is 136 cm³/mol. The lowest BCUT2D eigenvalue weighted by atomic mass is 9.71. The number of hydrogen-bond acceptors (Lipinski definition) is 3. The quantitative estimate of drug-likeness (QED) is 0.421. The average molecular weight is 451 g/mol. The zero-order valence-corrected chi connectivity index (χ0v) is 23.0. The summed E-state index contributed by atoms with van der Waals surface area (Å²) in [6.45, 7) is 28.1. The minimum Gasteiger partial charge on any atom is -0.444 e. The SMILES string of the molecule is CCC(C(C)C)C1CN(CC(C)(C)CC2CN(C(=O)OC(C)(C)C)CCC2C)CCC1C. The van der Waals surface area contributed by atoms with Crippen LogP contribution in [-0.2, 0) is 4.74 Å². The summed E-state index contributed by atoms with van der Waals surface area (Å²) >= 11 is 0. The van der Waals surface area contributed by atoms with Crippen molar-refractivity contribution in [3.8, 4) is 0 Å². The molecule has 5 unspecified atom stereocenters. The lowest BCUT2D eigenvalue weighted by Gasteiger charge is -2.46. The summed E-state index contributed by atoms with van der Waals surface area (Å²) in [6, 6.07) is 0. The average Bonchev–Trinajstić information content (AvgIpc) is 2.64. The van der Waals surface area contributed by atoms with Gasteiger partial charge < -0.3 is 14.5 Å². The molecule has 1 amide bonds. The molecule has 0 aromatic carbocycles. The van der Waals surface area contributed by atoms with Gasteiger partial charge in [-0.25, -0.2) is 4.79 Å². The molecule has 2 saturated heterocycles. The van der Waals surface area contributed by atoms with Crippen LogP contribution in [-0.4, -0.2) is 54.2 Å². The van der Waals surface area contributed by atoms with Crippen molar-refractivity contribution in [1.82, 2.24) is 9.80 Å². The molecule has 0 aromatic rings. The Kier molecular flexibility index (Phi) is 9.53. The maximum Gasteiger partial charge on any atom is 0.410 e. The summed E-state index contributed by atoms with van der Waals surface area (Å²) < 4.78 is 5.67. The molecule has 0 aromatic heterocycles. The van der Waals surface area contributed by atoms with Gasteiger partial charge >= 0.3 is 6.09 Å². The Morgan fingerprint density at radius 2 is 1.62 bits per heavy atom. The van der Waals surface area contributed by atoms with Gasteiger partial charge in [-0.3, -0.25) is 0 Å².